The third-order valence-corrected chi connectivity index (χ3v) is 6.76. The predicted octanol–water partition coefficient (Wildman–Crippen LogP) is 6.02. The molecule has 0 spiro atoms. The lowest BCUT2D eigenvalue weighted by Crippen LogP contribution is -2.15. The standard InChI is InChI=1S/C18H19NOS.C8H13NOS/c1-19-12-11-17(18-10-5-13-21-18)20-16-9-4-7-14-6-2-3-8-15(14)16;1-9-5-4-7(10)8-3-2-6-11-8/h2-10,13,17,19H,11-12H2,1H3;2-3,6-7,9-10H,4-5H2,1H3/i2*1D3. The first kappa shape index (κ1) is 17.3. The molecular formula is C26H32N2O2S2. The van der Waals surface area contributed by atoms with E-state index in [-0.39, 0.29) is 12.6 Å². The number of hydrogen-bond acceptors (Lipinski definition) is 6. The maximum absolute atomic E-state index is 9.59. The Morgan fingerprint density at radius 1 is 0.844 bits per heavy atom. The van der Waals surface area contributed by atoms with Crippen LogP contribution in [0, 0.1) is 0 Å². The maximum atomic E-state index is 9.59. The van der Waals surface area contributed by atoms with Crippen molar-refractivity contribution in [3.05, 3.63) is 87.2 Å². The Balaban J connectivity index is 0.000000244. The van der Waals surface area contributed by atoms with Gasteiger partial charge in [-0.25, -0.2) is 0 Å². The minimum atomic E-state index is -2.13. The highest BCUT2D eigenvalue weighted by atomic mass is 32.1. The number of hydrogen-bond donors (Lipinski definition) is 3. The molecular weight excluding hydrogens is 436 g/mol. The highest BCUT2D eigenvalue weighted by Crippen LogP contribution is 2.32. The van der Waals surface area contributed by atoms with Crippen molar-refractivity contribution in [3.63, 3.8) is 0 Å². The van der Waals surface area contributed by atoms with E-state index in [1.54, 1.807) is 11.3 Å². The molecule has 0 fully saturated rings. The summed E-state index contributed by atoms with van der Waals surface area (Å²) in [4.78, 5) is 1.97. The number of nitrogens with one attached hydrogen (secondary N) is 2. The van der Waals surface area contributed by atoms with Crippen LogP contribution in [0.5, 0.6) is 5.75 Å². The Morgan fingerprint density at radius 2 is 1.53 bits per heavy atom. The quantitative estimate of drug-likeness (QED) is 0.263. The fraction of sp³-hybridized carbons (Fsp3) is 0.308. The van der Waals surface area contributed by atoms with Crippen molar-refractivity contribution in [2.24, 2.45) is 0 Å². The first-order valence-electron chi connectivity index (χ1n) is 13.4. The number of ether oxygens (including phenoxy) is 1. The number of benzene rings is 2. The van der Waals surface area contributed by atoms with Crippen molar-refractivity contribution in [2.45, 2.75) is 25.0 Å². The number of aliphatic hydroxyl groups is 1. The lowest BCUT2D eigenvalue weighted by molar-refractivity contribution is 0.171. The van der Waals surface area contributed by atoms with Crippen LogP contribution >= 0.6 is 22.7 Å². The van der Waals surface area contributed by atoms with Gasteiger partial charge in [0.1, 0.15) is 11.9 Å². The minimum absolute atomic E-state index is 0.175. The maximum Gasteiger partial charge on any atom is 0.134 e. The van der Waals surface area contributed by atoms with Gasteiger partial charge in [-0.3, -0.25) is 0 Å². The molecule has 4 nitrogen and oxygen atoms in total. The molecule has 0 radical (unpaired) electrons. The second-order valence-corrected chi connectivity index (χ2v) is 9.02. The largest absolute Gasteiger partial charge is 0.484 e. The van der Waals surface area contributed by atoms with E-state index in [2.05, 4.69) is 22.8 Å². The van der Waals surface area contributed by atoms with Crippen LogP contribution in [-0.4, -0.2) is 32.1 Å². The molecule has 170 valence electrons. The molecule has 2 unspecified atom stereocenters. The van der Waals surface area contributed by atoms with E-state index in [1.807, 2.05) is 65.4 Å². The second-order valence-electron chi connectivity index (χ2n) is 7.06. The fourth-order valence-electron chi connectivity index (χ4n) is 3.22. The molecule has 2 aromatic carbocycles. The summed E-state index contributed by atoms with van der Waals surface area (Å²) < 4.78 is 48.7. The molecule has 4 rings (SSSR count). The van der Waals surface area contributed by atoms with Gasteiger partial charge < -0.3 is 20.5 Å². The zero-order valence-electron chi connectivity index (χ0n) is 23.7. The molecule has 0 bridgehead atoms. The summed E-state index contributed by atoms with van der Waals surface area (Å²) in [7, 11) is 0. The van der Waals surface area contributed by atoms with E-state index in [0.29, 0.717) is 19.4 Å². The number of aliphatic hydroxyl groups excluding tert-OH is 1. The van der Waals surface area contributed by atoms with Crippen LogP contribution in [0.2, 0.25) is 0 Å². The Hall–Kier alpha value is -2.22. The van der Waals surface area contributed by atoms with Crippen molar-refractivity contribution in [3.8, 4) is 5.75 Å². The Morgan fingerprint density at radius 3 is 2.25 bits per heavy atom. The molecule has 3 N–H and O–H groups in total. The van der Waals surface area contributed by atoms with Crippen LogP contribution in [0.1, 0.15) is 43.0 Å². The molecule has 4 aromatic rings. The zero-order valence-corrected chi connectivity index (χ0v) is 19.3. The summed E-state index contributed by atoms with van der Waals surface area (Å²) in [5.41, 5.74) is 0. The minimum Gasteiger partial charge on any atom is -0.484 e. The molecule has 0 saturated carbocycles. The van der Waals surface area contributed by atoms with Gasteiger partial charge in [0.05, 0.1) is 6.10 Å². The van der Waals surface area contributed by atoms with Crippen LogP contribution in [0.3, 0.4) is 0 Å². The van der Waals surface area contributed by atoms with Gasteiger partial charge in [0.2, 0.25) is 0 Å². The predicted molar refractivity (Wildman–Crippen MR) is 138 cm³/mol. The van der Waals surface area contributed by atoms with Crippen molar-refractivity contribution < 1.29 is 18.1 Å². The van der Waals surface area contributed by atoms with Crippen LogP contribution in [0.4, 0.5) is 0 Å². The van der Waals surface area contributed by atoms with Gasteiger partial charge >= 0.3 is 0 Å². The molecule has 0 aliphatic rings. The molecule has 0 amide bonds. The van der Waals surface area contributed by atoms with Gasteiger partial charge in [0, 0.05) is 29.8 Å². The molecule has 2 heterocycles. The molecule has 0 aliphatic heterocycles. The van der Waals surface area contributed by atoms with E-state index in [4.69, 9.17) is 13.0 Å². The monoisotopic (exact) mass is 474 g/mol. The molecule has 32 heavy (non-hydrogen) atoms. The average Bonchev–Trinajstić information content (AvgIpc) is 3.57. The normalized spacial score (nSPS) is 16.3. The number of rotatable bonds is 10. The number of thiophene rings is 2. The summed E-state index contributed by atoms with van der Waals surface area (Å²) in [5, 5.41) is 20.6. The highest BCUT2D eigenvalue weighted by molar-refractivity contribution is 7.10. The first-order chi connectivity index (χ1) is 18.0. The Bertz CT molecular complexity index is 1210. The van der Waals surface area contributed by atoms with E-state index in [1.165, 1.54) is 11.3 Å². The third kappa shape index (κ3) is 7.15. The fourth-order valence-corrected chi connectivity index (χ4v) is 4.76. The average molecular weight is 475 g/mol. The second kappa shape index (κ2) is 13.4. The summed E-state index contributed by atoms with van der Waals surface area (Å²) in [6.45, 7) is -3.59. The zero-order chi connectivity index (χ0) is 27.6. The first-order valence-corrected chi connectivity index (χ1v) is 12.2. The Labute approximate surface area is 207 Å². The van der Waals surface area contributed by atoms with E-state index in [0.717, 1.165) is 26.3 Å². The van der Waals surface area contributed by atoms with Crippen LogP contribution < -0.4 is 15.4 Å². The topological polar surface area (TPSA) is 53.5 Å². The smallest absolute Gasteiger partial charge is 0.134 e. The highest BCUT2D eigenvalue weighted by Gasteiger charge is 2.15. The van der Waals surface area contributed by atoms with E-state index >= 15 is 0 Å². The van der Waals surface area contributed by atoms with Gasteiger partial charge in [-0.05, 0) is 67.8 Å². The molecule has 6 heteroatoms. The van der Waals surface area contributed by atoms with Crippen LogP contribution in [0.15, 0.2) is 77.5 Å². The molecule has 0 aliphatic carbocycles. The van der Waals surface area contributed by atoms with Crippen LogP contribution in [-0.2, 0) is 0 Å². The lowest BCUT2D eigenvalue weighted by Gasteiger charge is -2.19. The number of fused-ring (bicyclic) bond motifs is 1. The summed E-state index contributed by atoms with van der Waals surface area (Å²) in [5.74, 6) is 0.820. The van der Waals surface area contributed by atoms with Gasteiger partial charge in [-0.15, -0.1) is 22.7 Å². The van der Waals surface area contributed by atoms with E-state index < -0.39 is 20.1 Å². The van der Waals surface area contributed by atoms with Gasteiger partial charge in [0.25, 0.3) is 0 Å². The molecule has 2 atom stereocenters. The summed E-state index contributed by atoms with van der Waals surface area (Å²) >= 11 is 3.09. The van der Waals surface area contributed by atoms with Crippen molar-refractivity contribution in [1.29, 1.82) is 0 Å². The van der Waals surface area contributed by atoms with Gasteiger partial charge in [0.15, 0.2) is 0 Å². The van der Waals surface area contributed by atoms with Gasteiger partial charge in [-0.2, -0.15) is 0 Å². The van der Waals surface area contributed by atoms with Crippen molar-refractivity contribution in [1.82, 2.24) is 10.6 Å². The summed E-state index contributed by atoms with van der Waals surface area (Å²) in [6, 6.07) is 21.8. The van der Waals surface area contributed by atoms with Crippen LogP contribution in [0.25, 0.3) is 10.8 Å². The SMILES string of the molecule is [2H]C([2H])([2H])NCCC(O)c1cccs1.[2H]C([2H])([2H])NCCC(Oc1cccc2ccccc12)c1cccs1. The Kier molecular flexibility index (Phi) is 7.21. The molecule has 2 aromatic heterocycles. The van der Waals surface area contributed by atoms with Crippen molar-refractivity contribution in [2.75, 3.05) is 27.0 Å². The lowest BCUT2D eigenvalue weighted by atomic mass is 10.1. The third-order valence-electron chi connectivity index (χ3n) is 4.83. The van der Waals surface area contributed by atoms with E-state index in [9.17, 15) is 5.11 Å². The van der Waals surface area contributed by atoms with Crippen molar-refractivity contribution >= 4 is 33.4 Å². The van der Waals surface area contributed by atoms with Gasteiger partial charge in [-0.1, -0.05) is 48.5 Å². The molecule has 0 saturated heterocycles. The summed E-state index contributed by atoms with van der Waals surface area (Å²) in [6.07, 6.45) is 0.261.